The topological polar surface area (TPSA) is 66.9 Å². The number of carbonyl (C=O) groups excluding carboxylic acids is 1. The number of amides is 1. The van der Waals surface area contributed by atoms with Gasteiger partial charge in [0.2, 0.25) is 10.0 Å². The van der Waals surface area contributed by atoms with Crippen LogP contribution in [-0.2, 0) is 14.8 Å². The van der Waals surface area contributed by atoms with E-state index in [4.69, 9.17) is 4.74 Å². The van der Waals surface area contributed by atoms with Crippen molar-refractivity contribution in [1.29, 1.82) is 0 Å². The van der Waals surface area contributed by atoms with Crippen LogP contribution in [0.5, 0.6) is 0 Å². The molecule has 1 aromatic rings. The third-order valence-electron chi connectivity index (χ3n) is 4.48. The van der Waals surface area contributed by atoms with Crippen LogP contribution in [0.4, 0.5) is 4.79 Å². The molecule has 0 aromatic heterocycles. The van der Waals surface area contributed by atoms with Crippen LogP contribution >= 0.6 is 0 Å². The Hall–Kier alpha value is -1.60. The van der Waals surface area contributed by atoms with Gasteiger partial charge in [-0.05, 0) is 64.2 Å². The van der Waals surface area contributed by atoms with Gasteiger partial charge in [0.15, 0.2) is 0 Å². The summed E-state index contributed by atoms with van der Waals surface area (Å²) in [6.45, 7) is 9.08. The molecule has 0 spiro atoms. The number of likely N-dealkylation sites (tertiary alicyclic amines) is 1. The summed E-state index contributed by atoms with van der Waals surface area (Å²) >= 11 is 0. The van der Waals surface area contributed by atoms with Crippen molar-refractivity contribution in [1.82, 2.24) is 9.21 Å². The van der Waals surface area contributed by atoms with Crippen molar-refractivity contribution in [3.63, 3.8) is 0 Å². The standard InChI is InChI=1S/C19H30N2O4S/c1-15-7-6-8-17(13-15)26(23,24)20(5)14-16-9-11-21(12-10-16)18(22)25-19(2,3)4/h6-8,13,16H,9-12,14H2,1-5H3. The maximum Gasteiger partial charge on any atom is 0.410 e. The molecule has 0 saturated carbocycles. The van der Waals surface area contributed by atoms with E-state index in [1.807, 2.05) is 33.8 Å². The van der Waals surface area contributed by atoms with Crippen LogP contribution in [0.25, 0.3) is 0 Å². The van der Waals surface area contributed by atoms with Gasteiger partial charge in [-0.1, -0.05) is 12.1 Å². The normalized spacial score (nSPS) is 16.8. The summed E-state index contributed by atoms with van der Waals surface area (Å²) in [5.74, 6) is 0.235. The molecule has 0 unspecified atom stereocenters. The molecule has 1 amide bonds. The number of rotatable bonds is 4. The highest BCUT2D eigenvalue weighted by atomic mass is 32.2. The summed E-state index contributed by atoms with van der Waals surface area (Å²) in [4.78, 5) is 14.1. The summed E-state index contributed by atoms with van der Waals surface area (Å²) in [6, 6.07) is 6.96. The first-order chi connectivity index (χ1) is 12.0. The lowest BCUT2D eigenvalue weighted by molar-refractivity contribution is 0.0179. The van der Waals surface area contributed by atoms with Crippen LogP contribution in [0.15, 0.2) is 29.2 Å². The molecule has 1 aromatic carbocycles. The SMILES string of the molecule is Cc1cccc(S(=O)(=O)N(C)CC2CCN(C(=O)OC(C)(C)C)CC2)c1. The van der Waals surface area contributed by atoms with Crippen LogP contribution in [0.3, 0.4) is 0 Å². The lowest BCUT2D eigenvalue weighted by Gasteiger charge is -2.34. The monoisotopic (exact) mass is 382 g/mol. The molecule has 146 valence electrons. The highest BCUT2D eigenvalue weighted by Gasteiger charge is 2.29. The van der Waals surface area contributed by atoms with Crippen molar-refractivity contribution < 1.29 is 17.9 Å². The number of ether oxygens (including phenoxy) is 1. The number of nitrogens with zero attached hydrogens (tertiary/aromatic N) is 2. The molecule has 1 fully saturated rings. The van der Waals surface area contributed by atoms with Crippen molar-refractivity contribution in [3.8, 4) is 0 Å². The molecule has 0 atom stereocenters. The van der Waals surface area contributed by atoms with Crippen LogP contribution < -0.4 is 0 Å². The molecular formula is C19H30N2O4S. The Balaban J connectivity index is 1.92. The minimum absolute atomic E-state index is 0.235. The minimum Gasteiger partial charge on any atom is -0.444 e. The van der Waals surface area contributed by atoms with E-state index in [9.17, 15) is 13.2 Å². The zero-order valence-electron chi connectivity index (χ0n) is 16.4. The van der Waals surface area contributed by atoms with Crippen LogP contribution in [0.2, 0.25) is 0 Å². The maximum atomic E-state index is 12.7. The number of sulfonamides is 1. The molecule has 1 heterocycles. The average molecular weight is 383 g/mol. The molecule has 0 aliphatic carbocycles. The highest BCUT2D eigenvalue weighted by molar-refractivity contribution is 7.89. The van der Waals surface area contributed by atoms with E-state index in [1.165, 1.54) is 4.31 Å². The zero-order chi connectivity index (χ0) is 19.5. The maximum absolute atomic E-state index is 12.7. The van der Waals surface area contributed by atoms with E-state index in [-0.39, 0.29) is 12.0 Å². The second-order valence-corrected chi connectivity index (χ2v) is 10.1. The molecule has 26 heavy (non-hydrogen) atoms. The van der Waals surface area contributed by atoms with E-state index in [1.54, 1.807) is 30.1 Å². The lowest BCUT2D eigenvalue weighted by Crippen LogP contribution is -2.44. The zero-order valence-corrected chi connectivity index (χ0v) is 17.2. The van der Waals surface area contributed by atoms with E-state index in [0.29, 0.717) is 24.5 Å². The number of piperidine rings is 1. The van der Waals surface area contributed by atoms with Crippen LogP contribution in [-0.4, -0.2) is 56.0 Å². The van der Waals surface area contributed by atoms with Crippen molar-refractivity contribution in [2.75, 3.05) is 26.7 Å². The summed E-state index contributed by atoms with van der Waals surface area (Å²) < 4.78 is 32.3. The van der Waals surface area contributed by atoms with Crippen molar-refractivity contribution >= 4 is 16.1 Å². The van der Waals surface area contributed by atoms with Gasteiger partial charge in [0, 0.05) is 26.7 Å². The second kappa shape index (κ2) is 7.96. The molecule has 1 aliphatic heterocycles. The molecule has 0 bridgehead atoms. The number of hydrogen-bond donors (Lipinski definition) is 0. The minimum atomic E-state index is -3.49. The fraction of sp³-hybridized carbons (Fsp3) is 0.632. The van der Waals surface area contributed by atoms with Gasteiger partial charge in [0.25, 0.3) is 0 Å². The molecule has 2 rings (SSSR count). The largest absolute Gasteiger partial charge is 0.444 e. The third kappa shape index (κ3) is 5.45. The number of hydrogen-bond acceptors (Lipinski definition) is 4. The summed E-state index contributed by atoms with van der Waals surface area (Å²) in [7, 11) is -1.86. The molecule has 6 nitrogen and oxygen atoms in total. The quantitative estimate of drug-likeness (QED) is 0.802. The fourth-order valence-corrected chi connectivity index (χ4v) is 4.39. The van der Waals surface area contributed by atoms with Gasteiger partial charge in [-0.3, -0.25) is 0 Å². The van der Waals surface area contributed by atoms with Gasteiger partial charge in [-0.2, -0.15) is 0 Å². The van der Waals surface area contributed by atoms with Crippen LogP contribution in [0, 0.1) is 12.8 Å². The lowest BCUT2D eigenvalue weighted by atomic mass is 9.97. The Labute approximate surface area is 157 Å². The predicted octanol–water partition coefficient (Wildman–Crippen LogP) is 3.26. The van der Waals surface area contributed by atoms with Gasteiger partial charge in [-0.25, -0.2) is 17.5 Å². The Morgan fingerprint density at radius 2 is 1.88 bits per heavy atom. The second-order valence-electron chi connectivity index (χ2n) is 8.01. The van der Waals surface area contributed by atoms with E-state index in [0.717, 1.165) is 18.4 Å². The summed E-state index contributed by atoms with van der Waals surface area (Å²) in [5.41, 5.74) is 0.418. The number of carbonyl (C=O) groups is 1. The van der Waals surface area contributed by atoms with E-state index in [2.05, 4.69) is 0 Å². The number of aryl methyl sites for hydroxylation is 1. The predicted molar refractivity (Wildman–Crippen MR) is 102 cm³/mol. The van der Waals surface area contributed by atoms with E-state index < -0.39 is 15.6 Å². The smallest absolute Gasteiger partial charge is 0.410 e. The Morgan fingerprint density at radius 3 is 2.42 bits per heavy atom. The average Bonchev–Trinajstić information content (AvgIpc) is 2.53. The third-order valence-corrected chi connectivity index (χ3v) is 6.30. The van der Waals surface area contributed by atoms with Gasteiger partial charge in [-0.15, -0.1) is 0 Å². The van der Waals surface area contributed by atoms with Crippen molar-refractivity contribution in [2.45, 2.75) is 51.0 Å². The molecule has 1 saturated heterocycles. The number of benzene rings is 1. The molecule has 1 aliphatic rings. The van der Waals surface area contributed by atoms with Crippen molar-refractivity contribution in [3.05, 3.63) is 29.8 Å². The molecule has 0 radical (unpaired) electrons. The Morgan fingerprint density at radius 1 is 1.27 bits per heavy atom. The van der Waals surface area contributed by atoms with Gasteiger partial charge in [0.05, 0.1) is 4.90 Å². The summed E-state index contributed by atoms with van der Waals surface area (Å²) in [5, 5.41) is 0. The first-order valence-electron chi connectivity index (χ1n) is 9.00. The van der Waals surface area contributed by atoms with Gasteiger partial charge in [0.1, 0.15) is 5.60 Å². The fourth-order valence-electron chi connectivity index (χ4n) is 3.04. The molecule has 0 N–H and O–H groups in total. The van der Waals surface area contributed by atoms with E-state index >= 15 is 0 Å². The van der Waals surface area contributed by atoms with Crippen LogP contribution in [0.1, 0.15) is 39.2 Å². The van der Waals surface area contributed by atoms with Gasteiger partial charge >= 0.3 is 6.09 Å². The first kappa shape index (κ1) is 20.7. The molecule has 7 heteroatoms. The Bertz CT molecular complexity index is 732. The van der Waals surface area contributed by atoms with Gasteiger partial charge < -0.3 is 9.64 Å². The first-order valence-corrected chi connectivity index (χ1v) is 10.4. The molecular weight excluding hydrogens is 352 g/mol. The highest BCUT2D eigenvalue weighted by Crippen LogP contribution is 2.23. The van der Waals surface area contributed by atoms with Crippen molar-refractivity contribution in [2.24, 2.45) is 5.92 Å². The Kier molecular flexibility index (Phi) is 6.34. The summed E-state index contributed by atoms with van der Waals surface area (Å²) in [6.07, 6.45) is 1.25.